The first-order valence-electron chi connectivity index (χ1n) is 12.2. The molecule has 35 heavy (non-hydrogen) atoms. The van der Waals surface area contributed by atoms with E-state index in [1.165, 1.54) is 44.8 Å². The topological polar surface area (TPSA) is 46.9 Å². The molecule has 0 fully saturated rings. The van der Waals surface area contributed by atoms with Gasteiger partial charge in [0.15, 0.2) is 0 Å². The number of rotatable bonds is 4. The zero-order valence-corrected chi connectivity index (χ0v) is 20.3. The van der Waals surface area contributed by atoms with Crippen molar-refractivity contribution in [1.29, 1.82) is 0 Å². The summed E-state index contributed by atoms with van der Waals surface area (Å²) >= 11 is 0. The molecule has 0 saturated carbocycles. The normalized spacial score (nSPS) is 14.1. The van der Waals surface area contributed by atoms with Crippen molar-refractivity contribution in [1.82, 2.24) is 0 Å². The van der Waals surface area contributed by atoms with Gasteiger partial charge in [-0.15, -0.1) is 0 Å². The number of aliphatic hydroxyl groups is 2. The Kier molecular flexibility index (Phi) is 5.36. The third-order valence-electron chi connectivity index (χ3n) is 7.20. The van der Waals surface area contributed by atoms with E-state index < -0.39 is 0 Å². The van der Waals surface area contributed by atoms with Crippen LogP contribution in [0.1, 0.15) is 33.4 Å². The van der Waals surface area contributed by atoms with Gasteiger partial charge >= 0.3 is 0 Å². The van der Waals surface area contributed by atoms with Crippen molar-refractivity contribution in [2.24, 2.45) is 0 Å². The molecule has 176 valence electrons. The van der Waals surface area contributed by atoms with Gasteiger partial charge in [-0.25, -0.2) is 0 Å². The van der Waals surface area contributed by atoms with Gasteiger partial charge in [0.05, 0.1) is 31.3 Å². The highest BCUT2D eigenvalue weighted by Crippen LogP contribution is 2.47. The van der Waals surface area contributed by atoms with Gasteiger partial charge in [-0.1, -0.05) is 59.7 Å². The number of hydrogen-bond donors (Lipinski definition) is 2. The van der Waals surface area contributed by atoms with Gasteiger partial charge in [0, 0.05) is 24.2 Å². The van der Waals surface area contributed by atoms with Gasteiger partial charge in [0.2, 0.25) is 0 Å². The summed E-state index contributed by atoms with van der Waals surface area (Å²) in [5.74, 6) is 0. The standard InChI is InChI=1S/C31H30N2O2/c1-20-9-26-15-32-19-33(30(26)28(11-20)24-7-3-5-22(13-24)17-34)16-27-10-21(2)12-29(31(27)32)25-8-4-6-23(14-25)18-35/h3-14,34-35H,15-19H2,1-2H3. The summed E-state index contributed by atoms with van der Waals surface area (Å²) in [5, 5.41) is 19.4. The average Bonchev–Trinajstić information content (AvgIpc) is 2.87. The van der Waals surface area contributed by atoms with E-state index in [1.807, 2.05) is 24.3 Å². The van der Waals surface area contributed by atoms with E-state index in [-0.39, 0.29) is 13.2 Å². The number of hydrogen-bond acceptors (Lipinski definition) is 4. The number of anilines is 2. The van der Waals surface area contributed by atoms with E-state index in [0.29, 0.717) is 0 Å². The number of benzene rings is 4. The van der Waals surface area contributed by atoms with Crippen LogP contribution < -0.4 is 9.80 Å². The molecule has 4 heteroatoms. The zero-order valence-electron chi connectivity index (χ0n) is 20.3. The second-order valence-corrected chi connectivity index (χ2v) is 9.89. The van der Waals surface area contributed by atoms with Crippen LogP contribution in [0.25, 0.3) is 22.3 Å². The predicted molar refractivity (Wildman–Crippen MR) is 142 cm³/mol. The molecule has 0 amide bonds. The Bertz CT molecular complexity index is 1330. The van der Waals surface area contributed by atoms with Gasteiger partial charge < -0.3 is 20.0 Å². The van der Waals surface area contributed by atoms with Crippen molar-refractivity contribution in [2.45, 2.75) is 40.2 Å². The molecule has 2 heterocycles. The molecule has 2 N–H and O–H groups in total. The van der Waals surface area contributed by atoms with Crippen LogP contribution in [-0.4, -0.2) is 16.9 Å². The minimum atomic E-state index is 0.0479. The van der Waals surface area contributed by atoms with Crippen molar-refractivity contribution < 1.29 is 10.2 Å². The van der Waals surface area contributed by atoms with E-state index in [0.717, 1.165) is 42.0 Å². The highest BCUT2D eigenvalue weighted by Gasteiger charge is 2.33. The van der Waals surface area contributed by atoms with Gasteiger partial charge in [-0.05, 0) is 71.5 Å². The molecular formula is C31H30N2O2. The van der Waals surface area contributed by atoms with Crippen LogP contribution in [0.5, 0.6) is 0 Å². The highest BCUT2D eigenvalue weighted by atomic mass is 16.3. The van der Waals surface area contributed by atoms with E-state index in [2.05, 4.69) is 72.2 Å². The minimum absolute atomic E-state index is 0.0479. The third kappa shape index (κ3) is 3.79. The van der Waals surface area contributed by atoms with Gasteiger partial charge in [0.25, 0.3) is 0 Å². The molecule has 0 aliphatic carbocycles. The average molecular weight is 463 g/mol. The first-order chi connectivity index (χ1) is 17.0. The number of fused-ring (bicyclic) bond motifs is 6. The van der Waals surface area contributed by atoms with E-state index in [1.54, 1.807) is 0 Å². The largest absolute Gasteiger partial charge is 0.392 e. The second kappa shape index (κ2) is 8.56. The molecule has 2 aliphatic heterocycles. The van der Waals surface area contributed by atoms with E-state index in [4.69, 9.17) is 0 Å². The Labute approximate surface area is 206 Å². The van der Waals surface area contributed by atoms with Gasteiger partial charge in [-0.2, -0.15) is 0 Å². The molecule has 0 saturated heterocycles. The molecular weight excluding hydrogens is 432 g/mol. The molecule has 0 unspecified atom stereocenters. The Balaban J connectivity index is 1.49. The van der Waals surface area contributed by atoms with Gasteiger partial charge in [-0.3, -0.25) is 0 Å². The molecule has 6 rings (SSSR count). The molecule has 0 aromatic heterocycles. The molecule has 0 radical (unpaired) electrons. The van der Waals surface area contributed by atoms with Crippen LogP contribution in [0.3, 0.4) is 0 Å². The van der Waals surface area contributed by atoms with Crippen LogP contribution in [-0.2, 0) is 26.3 Å². The molecule has 2 aliphatic rings. The van der Waals surface area contributed by atoms with Crippen LogP contribution in [0.4, 0.5) is 11.4 Å². The number of nitrogens with zero attached hydrogens (tertiary/aromatic N) is 2. The van der Waals surface area contributed by atoms with Crippen LogP contribution in [0.2, 0.25) is 0 Å². The minimum Gasteiger partial charge on any atom is -0.392 e. The molecule has 4 nitrogen and oxygen atoms in total. The summed E-state index contributed by atoms with van der Waals surface area (Å²) in [7, 11) is 0. The molecule has 0 spiro atoms. The Hall–Kier alpha value is -3.60. The number of aryl methyl sites for hydroxylation is 2. The van der Waals surface area contributed by atoms with Crippen molar-refractivity contribution in [3.05, 3.63) is 106 Å². The lowest BCUT2D eigenvalue weighted by Crippen LogP contribution is -2.46. The fraction of sp³-hybridized carbons (Fsp3) is 0.226. The molecule has 4 aromatic rings. The van der Waals surface area contributed by atoms with Crippen molar-refractivity contribution in [3.8, 4) is 22.3 Å². The summed E-state index contributed by atoms with van der Waals surface area (Å²) in [6, 6.07) is 25.7. The second-order valence-electron chi connectivity index (χ2n) is 9.89. The molecule has 2 bridgehead atoms. The maximum atomic E-state index is 9.70. The Morgan fingerprint density at radius 2 is 1.09 bits per heavy atom. The lowest BCUT2D eigenvalue weighted by Gasteiger charge is -2.46. The highest BCUT2D eigenvalue weighted by molar-refractivity contribution is 5.88. The smallest absolute Gasteiger partial charge is 0.0910 e. The molecule has 4 aromatic carbocycles. The fourth-order valence-electron chi connectivity index (χ4n) is 5.83. The monoisotopic (exact) mass is 462 g/mol. The van der Waals surface area contributed by atoms with E-state index >= 15 is 0 Å². The predicted octanol–water partition coefficient (Wildman–Crippen LogP) is 5.92. The van der Waals surface area contributed by atoms with Crippen molar-refractivity contribution in [3.63, 3.8) is 0 Å². The van der Waals surface area contributed by atoms with Gasteiger partial charge in [0.1, 0.15) is 0 Å². The zero-order chi connectivity index (χ0) is 24.1. The van der Waals surface area contributed by atoms with E-state index in [9.17, 15) is 10.2 Å². The van der Waals surface area contributed by atoms with Crippen molar-refractivity contribution in [2.75, 3.05) is 16.5 Å². The quantitative estimate of drug-likeness (QED) is 0.395. The summed E-state index contributed by atoms with van der Waals surface area (Å²) in [6.45, 7) is 6.96. The third-order valence-corrected chi connectivity index (χ3v) is 7.20. The Morgan fingerprint density at radius 3 is 1.51 bits per heavy atom. The summed E-state index contributed by atoms with van der Waals surface area (Å²) in [4.78, 5) is 4.99. The van der Waals surface area contributed by atoms with Crippen LogP contribution in [0.15, 0.2) is 72.8 Å². The lowest BCUT2D eigenvalue weighted by atomic mass is 9.89. The van der Waals surface area contributed by atoms with Crippen LogP contribution in [0, 0.1) is 13.8 Å². The number of aliphatic hydroxyl groups excluding tert-OH is 2. The first-order valence-corrected chi connectivity index (χ1v) is 12.2. The molecule has 0 atom stereocenters. The fourth-order valence-corrected chi connectivity index (χ4v) is 5.83. The van der Waals surface area contributed by atoms with Crippen LogP contribution >= 0.6 is 0 Å². The first kappa shape index (κ1) is 21.9. The summed E-state index contributed by atoms with van der Waals surface area (Å²) in [5.41, 5.74) is 14.4. The maximum absolute atomic E-state index is 9.70. The summed E-state index contributed by atoms with van der Waals surface area (Å²) < 4.78 is 0. The maximum Gasteiger partial charge on any atom is 0.0910 e. The lowest BCUT2D eigenvalue weighted by molar-refractivity contribution is 0.281. The Morgan fingerprint density at radius 1 is 0.629 bits per heavy atom. The summed E-state index contributed by atoms with van der Waals surface area (Å²) in [6.07, 6.45) is 0. The van der Waals surface area contributed by atoms with Crippen molar-refractivity contribution >= 4 is 11.4 Å². The SMILES string of the molecule is Cc1cc2c(c(-c3cccc(CO)c3)c1)N1Cc3cc(C)cc(-c4cccc(CO)c4)c3N(C2)C1.